The Morgan fingerprint density at radius 3 is 2.10 bits per heavy atom. The molecule has 0 aliphatic rings. The molecule has 0 aliphatic carbocycles. The minimum absolute atomic E-state index is 0.0833. The van der Waals surface area contributed by atoms with Gasteiger partial charge in [0.1, 0.15) is 23.9 Å². The fourth-order valence-electron chi connectivity index (χ4n) is 2.17. The van der Waals surface area contributed by atoms with Gasteiger partial charge in [0.15, 0.2) is 0 Å². The van der Waals surface area contributed by atoms with Gasteiger partial charge in [-0.1, -0.05) is 6.92 Å². The van der Waals surface area contributed by atoms with E-state index in [1.807, 2.05) is 0 Å². The van der Waals surface area contributed by atoms with Crippen molar-refractivity contribution in [1.29, 1.82) is 0 Å². The standard InChI is InChI=1S/C14H19F5N2/c1-3-4-21(8-14(17,18)19)13-11(15)6-10(5-9(2)20)7-12(13)16/h6-7,9H,3-5,8,20H2,1-2H3. The summed E-state index contributed by atoms with van der Waals surface area (Å²) in [5.74, 6) is -1.99. The van der Waals surface area contributed by atoms with Gasteiger partial charge in [-0.15, -0.1) is 0 Å². The molecule has 0 fully saturated rings. The molecule has 1 unspecified atom stereocenters. The van der Waals surface area contributed by atoms with Gasteiger partial charge in [0, 0.05) is 12.6 Å². The van der Waals surface area contributed by atoms with E-state index in [1.54, 1.807) is 13.8 Å². The molecule has 1 atom stereocenters. The summed E-state index contributed by atoms with van der Waals surface area (Å²) in [7, 11) is 0. The molecule has 7 heteroatoms. The lowest BCUT2D eigenvalue weighted by atomic mass is 10.1. The van der Waals surface area contributed by atoms with Gasteiger partial charge in [-0.25, -0.2) is 8.78 Å². The maximum atomic E-state index is 14.0. The van der Waals surface area contributed by atoms with Gasteiger partial charge in [0.25, 0.3) is 0 Å². The number of halogens is 5. The molecule has 21 heavy (non-hydrogen) atoms. The second kappa shape index (κ2) is 7.06. The lowest BCUT2D eigenvalue weighted by Crippen LogP contribution is -2.36. The summed E-state index contributed by atoms with van der Waals surface area (Å²) >= 11 is 0. The third-order valence-corrected chi connectivity index (χ3v) is 2.81. The third kappa shape index (κ3) is 5.49. The van der Waals surface area contributed by atoms with Crippen LogP contribution < -0.4 is 10.6 Å². The first kappa shape index (κ1) is 17.7. The quantitative estimate of drug-likeness (QED) is 0.813. The number of hydrogen-bond acceptors (Lipinski definition) is 2. The molecule has 1 rings (SSSR count). The first-order chi connectivity index (χ1) is 9.64. The molecule has 0 saturated heterocycles. The predicted octanol–water partition coefficient (Wildman–Crippen LogP) is 3.63. The van der Waals surface area contributed by atoms with Gasteiger partial charge in [-0.2, -0.15) is 13.2 Å². The highest BCUT2D eigenvalue weighted by Gasteiger charge is 2.32. The average Bonchev–Trinajstić information content (AvgIpc) is 2.24. The zero-order valence-electron chi connectivity index (χ0n) is 12.0. The van der Waals surface area contributed by atoms with Crippen molar-refractivity contribution in [3.05, 3.63) is 29.3 Å². The second-order valence-electron chi connectivity index (χ2n) is 5.13. The molecule has 0 radical (unpaired) electrons. The van der Waals surface area contributed by atoms with Crippen LogP contribution in [0.5, 0.6) is 0 Å². The Morgan fingerprint density at radius 2 is 1.71 bits per heavy atom. The van der Waals surface area contributed by atoms with Gasteiger partial charge in [-0.05, 0) is 37.5 Å². The van der Waals surface area contributed by atoms with Crippen LogP contribution >= 0.6 is 0 Å². The highest BCUT2D eigenvalue weighted by molar-refractivity contribution is 5.51. The maximum absolute atomic E-state index is 14.0. The average molecular weight is 310 g/mol. The summed E-state index contributed by atoms with van der Waals surface area (Å²) in [5.41, 5.74) is 5.24. The summed E-state index contributed by atoms with van der Waals surface area (Å²) < 4.78 is 65.6. The van der Waals surface area contributed by atoms with Gasteiger partial charge in [-0.3, -0.25) is 0 Å². The molecule has 0 spiro atoms. The van der Waals surface area contributed by atoms with Crippen molar-refractivity contribution in [2.45, 2.75) is 38.9 Å². The van der Waals surface area contributed by atoms with E-state index in [-0.39, 0.29) is 19.0 Å². The van der Waals surface area contributed by atoms with Crippen LogP contribution in [0.1, 0.15) is 25.8 Å². The van der Waals surface area contributed by atoms with Crippen LogP contribution in [0.4, 0.5) is 27.6 Å². The van der Waals surface area contributed by atoms with Crippen molar-refractivity contribution in [3.63, 3.8) is 0 Å². The molecule has 1 aromatic carbocycles. The van der Waals surface area contributed by atoms with Crippen molar-refractivity contribution in [3.8, 4) is 0 Å². The zero-order valence-corrected chi connectivity index (χ0v) is 12.0. The van der Waals surface area contributed by atoms with Crippen molar-refractivity contribution in [2.24, 2.45) is 5.73 Å². The van der Waals surface area contributed by atoms with Crippen molar-refractivity contribution in [2.75, 3.05) is 18.0 Å². The number of nitrogens with zero attached hydrogens (tertiary/aromatic N) is 1. The van der Waals surface area contributed by atoms with E-state index in [0.717, 1.165) is 12.1 Å². The summed E-state index contributed by atoms with van der Waals surface area (Å²) in [4.78, 5) is 0.681. The number of anilines is 1. The minimum atomic E-state index is -4.53. The van der Waals surface area contributed by atoms with Crippen molar-refractivity contribution in [1.82, 2.24) is 0 Å². The van der Waals surface area contributed by atoms with Crippen LogP contribution in [0.3, 0.4) is 0 Å². The molecule has 2 nitrogen and oxygen atoms in total. The van der Waals surface area contributed by atoms with Crippen LogP contribution in [0, 0.1) is 11.6 Å². The lowest BCUT2D eigenvalue weighted by Gasteiger charge is -2.26. The largest absolute Gasteiger partial charge is 0.405 e. The minimum Gasteiger partial charge on any atom is -0.358 e. The van der Waals surface area contributed by atoms with E-state index in [0.29, 0.717) is 16.9 Å². The highest BCUT2D eigenvalue weighted by atomic mass is 19.4. The third-order valence-electron chi connectivity index (χ3n) is 2.81. The van der Waals surface area contributed by atoms with Gasteiger partial charge in [0.05, 0.1) is 0 Å². The summed E-state index contributed by atoms with van der Waals surface area (Å²) in [6, 6.07) is 1.79. The van der Waals surface area contributed by atoms with E-state index >= 15 is 0 Å². The highest BCUT2D eigenvalue weighted by Crippen LogP contribution is 2.29. The first-order valence-corrected chi connectivity index (χ1v) is 6.69. The van der Waals surface area contributed by atoms with E-state index in [9.17, 15) is 22.0 Å². The molecule has 0 aliphatic heterocycles. The van der Waals surface area contributed by atoms with Crippen molar-refractivity contribution >= 4 is 5.69 Å². The van der Waals surface area contributed by atoms with Crippen LogP contribution in [0.25, 0.3) is 0 Å². The Labute approximate surface area is 120 Å². The Balaban J connectivity index is 3.13. The number of hydrogen-bond donors (Lipinski definition) is 1. The van der Waals surface area contributed by atoms with Crippen LogP contribution in [-0.4, -0.2) is 25.3 Å². The summed E-state index contributed by atoms with van der Waals surface area (Å²) in [6.45, 7) is 1.85. The number of benzene rings is 1. The Kier molecular flexibility index (Phi) is 5.95. The molecule has 0 amide bonds. The molecule has 0 bridgehead atoms. The zero-order chi connectivity index (χ0) is 16.2. The fraction of sp³-hybridized carbons (Fsp3) is 0.571. The maximum Gasteiger partial charge on any atom is 0.405 e. The van der Waals surface area contributed by atoms with Crippen LogP contribution in [0.2, 0.25) is 0 Å². The van der Waals surface area contributed by atoms with E-state index in [2.05, 4.69) is 0 Å². The topological polar surface area (TPSA) is 29.3 Å². The molecule has 2 N–H and O–H groups in total. The molecule has 0 aromatic heterocycles. The predicted molar refractivity (Wildman–Crippen MR) is 72.3 cm³/mol. The smallest absolute Gasteiger partial charge is 0.358 e. The van der Waals surface area contributed by atoms with E-state index in [1.165, 1.54) is 0 Å². The summed E-state index contributed by atoms with van der Waals surface area (Å²) in [6.07, 6.45) is -3.93. The molecule has 1 aromatic rings. The number of alkyl halides is 3. The Bertz CT molecular complexity index is 448. The Morgan fingerprint density at radius 1 is 1.19 bits per heavy atom. The van der Waals surface area contributed by atoms with Crippen LogP contribution in [0.15, 0.2) is 12.1 Å². The summed E-state index contributed by atoms with van der Waals surface area (Å²) in [5, 5.41) is 0. The van der Waals surface area contributed by atoms with Gasteiger partial charge >= 0.3 is 6.18 Å². The molecule has 0 saturated carbocycles. The monoisotopic (exact) mass is 310 g/mol. The normalized spacial score (nSPS) is 13.3. The molecular formula is C14H19F5N2. The number of rotatable bonds is 6. The number of nitrogens with two attached hydrogens (primary N) is 1. The Hall–Kier alpha value is -1.37. The van der Waals surface area contributed by atoms with E-state index in [4.69, 9.17) is 5.73 Å². The van der Waals surface area contributed by atoms with Crippen molar-refractivity contribution < 1.29 is 22.0 Å². The second-order valence-corrected chi connectivity index (χ2v) is 5.13. The first-order valence-electron chi connectivity index (χ1n) is 6.69. The van der Waals surface area contributed by atoms with E-state index < -0.39 is 30.0 Å². The lowest BCUT2D eigenvalue weighted by molar-refractivity contribution is -0.119. The molecular weight excluding hydrogens is 291 g/mol. The van der Waals surface area contributed by atoms with Gasteiger partial charge < -0.3 is 10.6 Å². The SMILES string of the molecule is CCCN(CC(F)(F)F)c1c(F)cc(CC(C)N)cc1F. The molecule has 120 valence electrons. The van der Waals surface area contributed by atoms with Crippen LogP contribution in [-0.2, 0) is 6.42 Å². The van der Waals surface area contributed by atoms with Gasteiger partial charge in [0.2, 0.25) is 0 Å². The fourth-order valence-corrected chi connectivity index (χ4v) is 2.17. The molecule has 0 heterocycles.